The van der Waals surface area contributed by atoms with Crippen LogP contribution in [0, 0.1) is 11.8 Å². The highest BCUT2D eigenvalue weighted by molar-refractivity contribution is 7.13. The number of nitrogens with one attached hydrogen (secondary N) is 1. The Morgan fingerprint density at radius 1 is 1.11 bits per heavy atom. The van der Waals surface area contributed by atoms with Crippen molar-refractivity contribution in [1.82, 2.24) is 9.88 Å². The lowest BCUT2D eigenvalue weighted by molar-refractivity contribution is -0.140. The Hall–Kier alpha value is -2.54. The van der Waals surface area contributed by atoms with Crippen LogP contribution in [0.25, 0.3) is 10.6 Å². The zero-order valence-electron chi connectivity index (χ0n) is 14.9. The Kier molecular flexibility index (Phi) is 5.03. The molecule has 2 heterocycles. The van der Waals surface area contributed by atoms with Crippen molar-refractivity contribution in [3.8, 4) is 10.6 Å². The lowest BCUT2D eigenvalue weighted by atomic mass is 9.81. The first-order valence-electron chi connectivity index (χ1n) is 9.28. The van der Waals surface area contributed by atoms with Crippen LogP contribution in [0.3, 0.4) is 0 Å². The first-order chi connectivity index (χ1) is 13.1. The summed E-state index contributed by atoms with van der Waals surface area (Å²) < 4.78 is 0. The van der Waals surface area contributed by atoms with E-state index in [9.17, 15) is 14.4 Å². The van der Waals surface area contributed by atoms with E-state index in [1.54, 1.807) is 17.5 Å². The van der Waals surface area contributed by atoms with Crippen molar-refractivity contribution in [1.29, 1.82) is 0 Å². The number of likely N-dealkylation sites (tertiary alicyclic amines) is 1. The number of carbonyl (C=O) groups excluding carboxylic acids is 3. The molecule has 2 aromatic rings. The van der Waals surface area contributed by atoms with Crippen LogP contribution in [-0.2, 0) is 14.4 Å². The van der Waals surface area contributed by atoms with Gasteiger partial charge in [-0.1, -0.05) is 12.8 Å². The summed E-state index contributed by atoms with van der Waals surface area (Å²) in [7, 11) is 0. The van der Waals surface area contributed by atoms with Crippen molar-refractivity contribution in [2.75, 3.05) is 11.9 Å². The molecule has 1 aliphatic carbocycles. The summed E-state index contributed by atoms with van der Waals surface area (Å²) in [6.07, 6.45) is 5.47. The number of imide groups is 1. The summed E-state index contributed by atoms with van der Waals surface area (Å²) >= 11 is 1.56. The number of aromatic nitrogens is 1. The normalized spacial score (nSPS) is 22.0. The molecule has 2 fully saturated rings. The Balaban J connectivity index is 1.32. The van der Waals surface area contributed by atoms with Gasteiger partial charge < -0.3 is 5.32 Å². The molecule has 6 nitrogen and oxygen atoms in total. The first kappa shape index (κ1) is 17.9. The minimum absolute atomic E-state index is 0.0923. The predicted octanol–water partition coefficient (Wildman–Crippen LogP) is 3.31. The molecule has 7 heteroatoms. The van der Waals surface area contributed by atoms with Gasteiger partial charge in [0.15, 0.2) is 0 Å². The first-order valence-corrected chi connectivity index (χ1v) is 10.2. The molecule has 27 heavy (non-hydrogen) atoms. The minimum atomic E-state index is -0.201. The van der Waals surface area contributed by atoms with Gasteiger partial charge in [-0.25, -0.2) is 4.98 Å². The summed E-state index contributed by atoms with van der Waals surface area (Å²) in [5, 5.41) is 5.68. The predicted molar refractivity (Wildman–Crippen MR) is 103 cm³/mol. The smallest absolute Gasteiger partial charge is 0.233 e. The van der Waals surface area contributed by atoms with Gasteiger partial charge in [-0.15, -0.1) is 11.3 Å². The van der Waals surface area contributed by atoms with Crippen molar-refractivity contribution >= 4 is 34.7 Å². The van der Waals surface area contributed by atoms with Crippen molar-refractivity contribution < 1.29 is 14.4 Å². The van der Waals surface area contributed by atoms with E-state index in [0.717, 1.165) is 36.3 Å². The van der Waals surface area contributed by atoms with Crippen molar-refractivity contribution in [2.45, 2.75) is 32.1 Å². The van der Waals surface area contributed by atoms with Crippen molar-refractivity contribution in [2.24, 2.45) is 11.8 Å². The molecular weight excluding hydrogens is 362 g/mol. The summed E-state index contributed by atoms with van der Waals surface area (Å²) in [5.41, 5.74) is 1.69. The van der Waals surface area contributed by atoms with Gasteiger partial charge >= 0.3 is 0 Å². The van der Waals surface area contributed by atoms with E-state index in [2.05, 4.69) is 10.3 Å². The molecule has 4 rings (SSSR count). The van der Waals surface area contributed by atoms with Gasteiger partial charge in [-0.05, 0) is 37.1 Å². The van der Waals surface area contributed by atoms with E-state index in [1.807, 2.05) is 29.6 Å². The lowest BCUT2D eigenvalue weighted by Gasteiger charge is -2.19. The fraction of sp³-hybridized carbons (Fsp3) is 0.400. The van der Waals surface area contributed by atoms with Gasteiger partial charge in [0.2, 0.25) is 17.7 Å². The maximum atomic E-state index is 12.4. The van der Waals surface area contributed by atoms with Gasteiger partial charge in [0.05, 0.1) is 11.8 Å². The van der Waals surface area contributed by atoms with Gasteiger partial charge in [0.1, 0.15) is 5.01 Å². The van der Waals surface area contributed by atoms with Crippen LogP contribution in [0.15, 0.2) is 35.8 Å². The molecule has 1 aromatic heterocycles. The standard InChI is InChI=1S/C20H21N3O3S/c24-17(22-14-7-5-13(6-8-14)18-21-10-12-27-18)9-11-23-19(25)15-3-1-2-4-16(15)20(23)26/h5-8,10,12,15-16H,1-4,9,11H2,(H,22,24). The number of carbonyl (C=O) groups is 3. The molecule has 3 amide bonds. The Bertz CT molecular complexity index is 824. The molecule has 0 radical (unpaired) electrons. The minimum Gasteiger partial charge on any atom is -0.326 e. The maximum Gasteiger partial charge on any atom is 0.233 e. The summed E-state index contributed by atoms with van der Waals surface area (Å²) in [6, 6.07) is 7.48. The van der Waals surface area contributed by atoms with E-state index < -0.39 is 0 Å². The number of amides is 3. The van der Waals surface area contributed by atoms with Crippen molar-refractivity contribution in [3.05, 3.63) is 35.8 Å². The molecule has 1 aliphatic heterocycles. The number of nitrogens with zero attached hydrogens (tertiary/aromatic N) is 2. The van der Waals surface area contributed by atoms with E-state index in [0.29, 0.717) is 5.69 Å². The van der Waals surface area contributed by atoms with Gasteiger partial charge in [-0.3, -0.25) is 19.3 Å². The molecule has 0 spiro atoms. The molecule has 1 saturated heterocycles. The van der Waals surface area contributed by atoms with Crippen molar-refractivity contribution in [3.63, 3.8) is 0 Å². The lowest BCUT2D eigenvalue weighted by Crippen LogP contribution is -2.34. The molecule has 140 valence electrons. The average molecular weight is 383 g/mol. The summed E-state index contributed by atoms with van der Waals surface area (Å²) in [5.74, 6) is -0.705. The summed E-state index contributed by atoms with van der Waals surface area (Å²) in [4.78, 5) is 42.7. The number of thiazole rings is 1. The monoisotopic (exact) mass is 383 g/mol. The van der Waals surface area contributed by atoms with Crippen LogP contribution in [0.1, 0.15) is 32.1 Å². The highest BCUT2D eigenvalue weighted by Gasteiger charge is 2.47. The molecular formula is C20H21N3O3S. The summed E-state index contributed by atoms with van der Waals surface area (Å²) in [6.45, 7) is 0.160. The van der Waals surface area contributed by atoms with E-state index in [-0.39, 0.29) is 42.5 Å². The molecule has 2 unspecified atom stereocenters. The van der Waals surface area contributed by atoms with Crippen LogP contribution in [0.2, 0.25) is 0 Å². The SMILES string of the molecule is O=C(CCN1C(=O)C2CCCCC2C1=O)Nc1ccc(-c2nccs2)cc1. The molecule has 2 atom stereocenters. The molecule has 1 N–H and O–H groups in total. The second-order valence-corrected chi connectivity index (χ2v) is 7.93. The zero-order valence-corrected chi connectivity index (χ0v) is 15.7. The van der Waals surface area contributed by atoms with Crippen LogP contribution < -0.4 is 5.32 Å². The third-order valence-electron chi connectivity index (χ3n) is 5.34. The Morgan fingerprint density at radius 3 is 2.37 bits per heavy atom. The van der Waals surface area contributed by atoms with E-state index >= 15 is 0 Å². The van der Waals surface area contributed by atoms with Gasteiger partial charge in [-0.2, -0.15) is 0 Å². The molecule has 1 aromatic carbocycles. The highest BCUT2D eigenvalue weighted by atomic mass is 32.1. The molecule has 1 saturated carbocycles. The number of hydrogen-bond donors (Lipinski definition) is 1. The van der Waals surface area contributed by atoms with E-state index in [4.69, 9.17) is 0 Å². The van der Waals surface area contributed by atoms with Crippen LogP contribution in [-0.4, -0.2) is 34.2 Å². The average Bonchev–Trinajstić information content (AvgIpc) is 3.30. The second kappa shape index (κ2) is 7.60. The number of rotatable bonds is 5. The van der Waals surface area contributed by atoms with Gasteiger partial charge in [0, 0.05) is 35.8 Å². The van der Waals surface area contributed by atoms with Crippen LogP contribution >= 0.6 is 11.3 Å². The molecule has 0 bridgehead atoms. The Morgan fingerprint density at radius 2 is 1.78 bits per heavy atom. The second-order valence-electron chi connectivity index (χ2n) is 7.04. The third-order valence-corrected chi connectivity index (χ3v) is 6.16. The Labute approximate surface area is 161 Å². The molecule has 2 aliphatic rings. The highest BCUT2D eigenvalue weighted by Crippen LogP contribution is 2.38. The fourth-order valence-electron chi connectivity index (χ4n) is 3.95. The number of benzene rings is 1. The maximum absolute atomic E-state index is 12.4. The number of anilines is 1. The van der Waals surface area contributed by atoms with Crippen LogP contribution in [0.5, 0.6) is 0 Å². The van der Waals surface area contributed by atoms with E-state index in [1.165, 1.54) is 4.90 Å². The third kappa shape index (κ3) is 3.64. The van der Waals surface area contributed by atoms with Gasteiger partial charge in [0.25, 0.3) is 0 Å². The number of hydrogen-bond acceptors (Lipinski definition) is 5. The topological polar surface area (TPSA) is 79.4 Å². The number of fused-ring (bicyclic) bond motifs is 1. The fourth-order valence-corrected chi connectivity index (χ4v) is 4.59. The zero-order chi connectivity index (χ0) is 18.8. The van der Waals surface area contributed by atoms with Crippen LogP contribution in [0.4, 0.5) is 5.69 Å². The largest absolute Gasteiger partial charge is 0.326 e. The quantitative estimate of drug-likeness (QED) is 0.804.